The van der Waals surface area contributed by atoms with Crippen molar-refractivity contribution in [3.8, 4) is 0 Å². The van der Waals surface area contributed by atoms with Crippen molar-refractivity contribution in [2.45, 2.75) is 24.9 Å². The van der Waals surface area contributed by atoms with Crippen molar-refractivity contribution in [3.63, 3.8) is 0 Å². The molecule has 118 valence electrons. The number of nitrogens with zero attached hydrogens (tertiary/aromatic N) is 4. The third kappa shape index (κ3) is 3.34. The first-order chi connectivity index (χ1) is 10.5. The number of rotatable bonds is 3. The Hall–Kier alpha value is -0.980. The van der Waals surface area contributed by atoms with Crippen molar-refractivity contribution >= 4 is 46.5 Å². The number of carbonyl (C=O) groups excluding carboxylic acids is 1. The molecule has 0 spiro atoms. The highest BCUT2D eigenvalue weighted by atomic mass is 35.5. The lowest BCUT2D eigenvalue weighted by atomic mass is 10.0. The SMILES string of the molecule is C[C@@H]1CCCN(C(=O)CSc2nnc3c(Cl)cc(Cl)cn23)C1. The molecule has 0 unspecified atom stereocenters. The van der Waals surface area contributed by atoms with Crippen LogP contribution in [0.4, 0.5) is 0 Å². The van der Waals surface area contributed by atoms with Gasteiger partial charge in [0.1, 0.15) is 0 Å². The van der Waals surface area contributed by atoms with Crippen LogP contribution in [-0.4, -0.2) is 44.2 Å². The topological polar surface area (TPSA) is 50.5 Å². The van der Waals surface area contributed by atoms with Crippen LogP contribution in [-0.2, 0) is 4.79 Å². The van der Waals surface area contributed by atoms with E-state index < -0.39 is 0 Å². The number of carbonyl (C=O) groups is 1. The first-order valence-electron chi connectivity index (χ1n) is 7.15. The molecule has 0 bridgehead atoms. The molecule has 1 aliphatic heterocycles. The Morgan fingerprint density at radius 3 is 3.05 bits per heavy atom. The molecule has 0 saturated carbocycles. The summed E-state index contributed by atoms with van der Waals surface area (Å²) < 4.78 is 1.72. The normalized spacial score (nSPS) is 18.9. The Morgan fingerprint density at radius 1 is 1.45 bits per heavy atom. The summed E-state index contributed by atoms with van der Waals surface area (Å²) in [6, 6.07) is 1.63. The zero-order valence-corrected chi connectivity index (χ0v) is 14.5. The van der Waals surface area contributed by atoms with Gasteiger partial charge in [-0.2, -0.15) is 0 Å². The van der Waals surface area contributed by atoms with Gasteiger partial charge in [-0.05, 0) is 24.8 Å². The number of piperidine rings is 1. The Bertz CT molecular complexity index is 705. The van der Waals surface area contributed by atoms with E-state index in [1.165, 1.54) is 18.2 Å². The molecule has 1 atom stereocenters. The molecular weight excluding hydrogens is 343 g/mol. The molecule has 5 nitrogen and oxygen atoms in total. The van der Waals surface area contributed by atoms with Gasteiger partial charge in [0.15, 0.2) is 10.8 Å². The van der Waals surface area contributed by atoms with Crippen LogP contribution in [0, 0.1) is 5.92 Å². The molecule has 8 heteroatoms. The van der Waals surface area contributed by atoms with Crippen LogP contribution in [0.3, 0.4) is 0 Å². The van der Waals surface area contributed by atoms with Crippen LogP contribution >= 0.6 is 35.0 Å². The molecule has 0 aliphatic carbocycles. The van der Waals surface area contributed by atoms with Crippen molar-refractivity contribution in [2.75, 3.05) is 18.8 Å². The van der Waals surface area contributed by atoms with Gasteiger partial charge in [0.2, 0.25) is 5.91 Å². The van der Waals surface area contributed by atoms with Crippen molar-refractivity contribution < 1.29 is 4.79 Å². The first kappa shape index (κ1) is 15.9. The van der Waals surface area contributed by atoms with Gasteiger partial charge < -0.3 is 4.90 Å². The van der Waals surface area contributed by atoms with E-state index in [9.17, 15) is 4.79 Å². The predicted molar refractivity (Wildman–Crippen MR) is 88.7 cm³/mol. The Balaban J connectivity index is 1.70. The third-order valence-electron chi connectivity index (χ3n) is 3.73. The minimum Gasteiger partial charge on any atom is -0.342 e. The quantitative estimate of drug-likeness (QED) is 0.789. The maximum Gasteiger partial charge on any atom is 0.233 e. The minimum absolute atomic E-state index is 0.140. The number of thioether (sulfide) groups is 1. The molecule has 2 aromatic rings. The van der Waals surface area contributed by atoms with Crippen molar-refractivity contribution in [2.24, 2.45) is 5.92 Å². The standard InChI is InChI=1S/C14H16Cl2N4OS/c1-9-3-2-4-19(6-9)12(21)8-22-14-18-17-13-11(16)5-10(15)7-20(13)14/h5,7,9H,2-4,6,8H2,1H3/t9-/m1/s1. The third-order valence-corrected chi connectivity index (χ3v) is 5.14. The van der Waals surface area contributed by atoms with Gasteiger partial charge in [0.25, 0.3) is 0 Å². The van der Waals surface area contributed by atoms with E-state index in [-0.39, 0.29) is 5.91 Å². The predicted octanol–water partition coefficient (Wildman–Crippen LogP) is 3.39. The summed E-state index contributed by atoms with van der Waals surface area (Å²) in [7, 11) is 0. The fraction of sp³-hybridized carbons (Fsp3) is 0.500. The molecule has 0 radical (unpaired) electrons. The largest absolute Gasteiger partial charge is 0.342 e. The highest BCUT2D eigenvalue weighted by Gasteiger charge is 2.21. The smallest absolute Gasteiger partial charge is 0.233 e. The Labute approximate surface area is 143 Å². The van der Waals surface area contributed by atoms with Gasteiger partial charge in [-0.1, -0.05) is 41.9 Å². The number of pyridine rings is 1. The number of fused-ring (bicyclic) bond motifs is 1. The molecule has 1 amide bonds. The Kier molecular flexibility index (Phi) is 4.80. The first-order valence-corrected chi connectivity index (χ1v) is 8.89. The second-order valence-electron chi connectivity index (χ2n) is 5.56. The van der Waals surface area contributed by atoms with Gasteiger partial charge in [-0.25, -0.2) is 0 Å². The molecule has 2 aromatic heterocycles. The van der Waals surface area contributed by atoms with Crippen LogP contribution in [0.1, 0.15) is 19.8 Å². The van der Waals surface area contributed by atoms with Crippen LogP contribution in [0.25, 0.3) is 5.65 Å². The van der Waals surface area contributed by atoms with E-state index in [0.29, 0.717) is 32.5 Å². The second-order valence-corrected chi connectivity index (χ2v) is 7.34. The van der Waals surface area contributed by atoms with Crippen LogP contribution < -0.4 is 0 Å². The average molecular weight is 359 g/mol. The maximum atomic E-state index is 12.3. The highest BCUT2D eigenvalue weighted by molar-refractivity contribution is 7.99. The number of amides is 1. The zero-order valence-electron chi connectivity index (χ0n) is 12.1. The molecule has 0 N–H and O–H groups in total. The summed E-state index contributed by atoms with van der Waals surface area (Å²) >= 11 is 13.4. The lowest BCUT2D eigenvalue weighted by Gasteiger charge is -2.30. The highest BCUT2D eigenvalue weighted by Crippen LogP contribution is 2.25. The lowest BCUT2D eigenvalue weighted by Crippen LogP contribution is -2.40. The van der Waals surface area contributed by atoms with E-state index in [1.54, 1.807) is 16.7 Å². The van der Waals surface area contributed by atoms with Gasteiger partial charge in [0.05, 0.1) is 15.8 Å². The van der Waals surface area contributed by atoms with Crippen LogP contribution in [0.2, 0.25) is 10.0 Å². The van der Waals surface area contributed by atoms with Gasteiger partial charge in [0, 0.05) is 19.3 Å². The van der Waals surface area contributed by atoms with E-state index in [2.05, 4.69) is 17.1 Å². The van der Waals surface area contributed by atoms with Gasteiger partial charge in [-0.3, -0.25) is 9.20 Å². The summed E-state index contributed by atoms with van der Waals surface area (Å²) in [5.41, 5.74) is 0.549. The molecule has 22 heavy (non-hydrogen) atoms. The molecule has 0 aromatic carbocycles. The molecular formula is C14H16Cl2N4OS. The fourth-order valence-corrected chi connectivity index (χ4v) is 3.96. The molecule has 1 saturated heterocycles. The molecule has 1 aliphatic rings. The average Bonchev–Trinajstić information content (AvgIpc) is 2.88. The fourth-order valence-electron chi connectivity index (χ4n) is 2.63. The maximum absolute atomic E-state index is 12.3. The van der Waals surface area contributed by atoms with E-state index in [1.807, 2.05) is 4.90 Å². The minimum atomic E-state index is 0.140. The van der Waals surface area contributed by atoms with Crippen molar-refractivity contribution in [1.82, 2.24) is 19.5 Å². The number of hydrogen-bond donors (Lipinski definition) is 0. The van der Waals surface area contributed by atoms with Crippen molar-refractivity contribution in [3.05, 3.63) is 22.3 Å². The van der Waals surface area contributed by atoms with Gasteiger partial charge in [-0.15, -0.1) is 10.2 Å². The summed E-state index contributed by atoms with van der Waals surface area (Å²) in [5, 5.41) is 9.71. The lowest BCUT2D eigenvalue weighted by molar-refractivity contribution is -0.130. The monoisotopic (exact) mass is 358 g/mol. The number of aromatic nitrogens is 3. The van der Waals surface area contributed by atoms with Crippen LogP contribution in [0.5, 0.6) is 0 Å². The van der Waals surface area contributed by atoms with Gasteiger partial charge >= 0.3 is 0 Å². The summed E-state index contributed by atoms with van der Waals surface area (Å²) in [6.07, 6.45) is 3.98. The van der Waals surface area contributed by atoms with Crippen LogP contribution in [0.15, 0.2) is 17.4 Å². The number of halogens is 2. The Morgan fingerprint density at radius 2 is 2.27 bits per heavy atom. The molecule has 1 fully saturated rings. The summed E-state index contributed by atoms with van der Waals surface area (Å²) in [4.78, 5) is 14.2. The number of likely N-dealkylation sites (tertiary alicyclic amines) is 1. The second kappa shape index (κ2) is 6.64. The molecule has 3 heterocycles. The number of hydrogen-bond acceptors (Lipinski definition) is 4. The zero-order chi connectivity index (χ0) is 15.7. The summed E-state index contributed by atoms with van der Waals surface area (Å²) in [6.45, 7) is 3.88. The summed E-state index contributed by atoms with van der Waals surface area (Å²) in [5.74, 6) is 1.06. The van der Waals surface area contributed by atoms with E-state index >= 15 is 0 Å². The van der Waals surface area contributed by atoms with E-state index in [4.69, 9.17) is 23.2 Å². The molecule has 3 rings (SSSR count). The van der Waals surface area contributed by atoms with Crippen molar-refractivity contribution in [1.29, 1.82) is 0 Å². The van der Waals surface area contributed by atoms with E-state index in [0.717, 1.165) is 19.5 Å².